The number of nitro benzene ring substituents is 1. The number of halogens is 1. The monoisotopic (exact) mass is 189 g/mol. The van der Waals surface area contributed by atoms with Crippen molar-refractivity contribution in [3.8, 4) is 0 Å². The molecule has 6 heteroatoms. The van der Waals surface area contributed by atoms with E-state index >= 15 is 0 Å². The number of non-ortho nitro benzene ring substituents is 1. The molecule has 0 amide bonds. The molecule has 1 aromatic carbocycles. The van der Waals surface area contributed by atoms with Crippen LogP contribution in [0.3, 0.4) is 0 Å². The van der Waals surface area contributed by atoms with E-state index in [2.05, 4.69) is 0 Å². The van der Waals surface area contributed by atoms with Crippen LogP contribution in [-0.2, 0) is 0 Å². The van der Waals surface area contributed by atoms with Gasteiger partial charge in [-0.05, 0) is 0 Å². The number of nitrogens with two attached hydrogens (primary N) is 2. The molecule has 0 spiro atoms. The van der Waals surface area contributed by atoms with E-state index in [-0.39, 0.29) is 18.1 Å². The van der Waals surface area contributed by atoms with Gasteiger partial charge in [0, 0.05) is 24.3 Å². The lowest BCUT2D eigenvalue weighted by atomic mass is 10.3. The van der Waals surface area contributed by atoms with E-state index in [0.717, 1.165) is 5.69 Å². The normalized spacial score (nSPS) is 8.75. The SMILES string of the molecule is N[NH2+]c1ccc([N+](=O)[O-])cc1.[Cl-]. The highest BCUT2D eigenvalue weighted by molar-refractivity contribution is 5.38. The minimum atomic E-state index is -0.444. The third-order valence-corrected chi connectivity index (χ3v) is 1.30. The molecule has 0 fully saturated rings. The van der Waals surface area contributed by atoms with Crippen LogP contribution < -0.4 is 23.7 Å². The number of nitro groups is 1. The Morgan fingerprint density at radius 2 is 1.83 bits per heavy atom. The summed E-state index contributed by atoms with van der Waals surface area (Å²) >= 11 is 0. The minimum Gasteiger partial charge on any atom is -1.00 e. The van der Waals surface area contributed by atoms with Gasteiger partial charge in [0.15, 0.2) is 0 Å². The largest absolute Gasteiger partial charge is 1.00 e. The summed E-state index contributed by atoms with van der Waals surface area (Å²) in [6.45, 7) is 0. The predicted molar refractivity (Wildman–Crippen MR) is 38.9 cm³/mol. The van der Waals surface area contributed by atoms with Crippen molar-refractivity contribution < 1.29 is 22.8 Å². The van der Waals surface area contributed by atoms with Gasteiger partial charge >= 0.3 is 0 Å². The van der Waals surface area contributed by atoms with Crippen molar-refractivity contribution in [3.63, 3.8) is 0 Å². The molecule has 12 heavy (non-hydrogen) atoms. The number of quaternary nitrogens is 1. The average Bonchev–Trinajstić information content (AvgIpc) is 2.05. The quantitative estimate of drug-likeness (QED) is 0.221. The summed E-state index contributed by atoms with van der Waals surface area (Å²) in [4.78, 5) is 9.72. The fourth-order valence-corrected chi connectivity index (χ4v) is 0.707. The Morgan fingerprint density at radius 1 is 1.33 bits per heavy atom. The van der Waals surface area contributed by atoms with Crippen molar-refractivity contribution in [2.24, 2.45) is 5.84 Å². The summed E-state index contributed by atoms with van der Waals surface area (Å²) in [6, 6.07) is 6.02. The molecule has 4 N–H and O–H groups in total. The summed E-state index contributed by atoms with van der Waals surface area (Å²) in [5.41, 5.74) is 2.25. The topological polar surface area (TPSA) is 85.8 Å². The van der Waals surface area contributed by atoms with Gasteiger partial charge in [0.05, 0.1) is 4.92 Å². The van der Waals surface area contributed by atoms with E-state index in [1.165, 1.54) is 17.6 Å². The van der Waals surface area contributed by atoms with Gasteiger partial charge in [-0.2, -0.15) is 5.84 Å². The standard InChI is InChI=1S/C6H7N3O2.ClH/c7-8-5-1-3-6(4-2-5)9(10)11;/h1-4,8H,7H2;1H. The first kappa shape index (κ1) is 10.8. The maximum atomic E-state index is 10.2. The van der Waals surface area contributed by atoms with E-state index < -0.39 is 4.92 Å². The molecular formula is C6H8ClN3O2. The average molecular weight is 190 g/mol. The molecule has 0 heterocycles. The van der Waals surface area contributed by atoms with Gasteiger partial charge in [-0.25, -0.2) is 5.43 Å². The summed E-state index contributed by atoms with van der Waals surface area (Å²) in [7, 11) is 0. The van der Waals surface area contributed by atoms with E-state index in [1.54, 1.807) is 12.1 Å². The van der Waals surface area contributed by atoms with Crippen molar-refractivity contribution in [2.75, 3.05) is 0 Å². The van der Waals surface area contributed by atoms with Gasteiger partial charge in [-0.1, -0.05) is 0 Å². The predicted octanol–water partition coefficient (Wildman–Crippen LogP) is -3.33. The van der Waals surface area contributed by atoms with Gasteiger partial charge in [0.25, 0.3) is 5.69 Å². The smallest absolute Gasteiger partial charge is 0.269 e. The van der Waals surface area contributed by atoms with Crippen LogP contribution in [0.15, 0.2) is 24.3 Å². The second kappa shape index (κ2) is 4.66. The summed E-state index contributed by atoms with van der Waals surface area (Å²) < 4.78 is 0. The Morgan fingerprint density at radius 3 is 2.17 bits per heavy atom. The lowest BCUT2D eigenvalue weighted by Gasteiger charge is -1.91. The molecule has 0 aliphatic carbocycles. The summed E-state index contributed by atoms with van der Waals surface area (Å²) in [5.74, 6) is 5.18. The van der Waals surface area contributed by atoms with Crippen LogP contribution >= 0.6 is 0 Å². The summed E-state index contributed by atoms with van der Waals surface area (Å²) in [5, 5.41) is 10.2. The zero-order chi connectivity index (χ0) is 8.27. The minimum absolute atomic E-state index is 0. The number of rotatable bonds is 2. The van der Waals surface area contributed by atoms with Gasteiger partial charge < -0.3 is 12.4 Å². The van der Waals surface area contributed by atoms with Crippen molar-refractivity contribution in [3.05, 3.63) is 34.4 Å². The fraction of sp³-hybridized carbons (Fsp3) is 0. The van der Waals surface area contributed by atoms with Gasteiger partial charge in [-0.15, -0.1) is 0 Å². The lowest BCUT2D eigenvalue weighted by molar-refractivity contribution is -0.584. The molecule has 0 saturated heterocycles. The van der Waals surface area contributed by atoms with Crippen LogP contribution in [0.4, 0.5) is 11.4 Å². The van der Waals surface area contributed by atoms with Crippen LogP contribution in [0.5, 0.6) is 0 Å². The molecule has 66 valence electrons. The highest BCUT2D eigenvalue weighted by Gasteiger charge is 2.03. The van der Waals surface area contributed by atoms with Crippen LogP contribution in [0.25, 0.3) is 0 Å². The second-order valence-corrected chi connectivity index (χ2v) is 2.02. The third kappa shape index (κ3) is 2.46. The maximum Gasteiger partial charge on any atom is 0.269 e. The first-order chi connectivity index (χ1) is 5.24. The second-order valence-electron chi connectivity index (χ2n) is 2.02. The van der Waals surface area contributed by atoms with Crippen LogP contribution in [0.1, 0.15) is 0 Å². The Labute approximate surface area is 75.1 Å². The highest BCUT2D eigenvalue weighted by Crippen LogP contribution is 2.11. The molecule has 0 aliphatic rings. The molecule has 0 saturated carbocycles. The Kier molecular flexibility index (Phi) is 4.20. The Hall–Kier alpha value is -1.17. The number of nitrogens with zero attached hydrogens (tertiary/aromatic N) is 1. The van der Waals surface area contributed by atoms with E-state index in [4.69, 9.17) is 5.84 Å². The van der Waals surface area contributed by atoms with E-state index in [9.17, 15) is 10.1 Å². The van der Waals surface area contributed by atoms with Crippen LogP contribution in [0.2, 0.25) is 0 Å². The Balaban J connectivity index is 0.00000121. The van der Waals surface area contributed by atoms with Crippen molar-refractivity contribution in [1.82, 2.24) is 0 Å². The highest BCUT2D eigenvalue weighted by atomic mass is 35.5. The fourth-order valence-electron chi connectivity index (χ4n) is 0.707. The number of hydrogen-bond acceptors (Lipinski definition) is 3. The first-order valence-electron chi connectivity index (χ1n) is 3.03. The van der Waals surface area contributed by atoms with Crippen molar-refractivity contribution >= 4 is 11.4 Å². The van der Waals surface area contributed by atoms with E-state index in [1.807, 2.05) is 0 Å². The zero-order valence-corrected chi connectivity index (χ0v) is 6.86. The van der Waals surface area contributed by atoms with Gasteiger partial charge in [0.1, 0.15) is 5.69 Å². The molecular weight excluding hydrogens is 182 g/mol. The molecule has 1 aromatic rings. The van der Waals surface area contributed by atoms with Crippen molar-refractivity contribution in [2.45, 2.75) is 0 Å². The molecule has 0 radical (unpaired) electrons. The lowest BCUT2D eigenvalue weighted by Crippen LogP contribution is -3.00. The first-order valence-corrected chi connectivity index (χ1v) is 3.03. The van der Waals surface area contributed by atoms with Crippen LogP contribution in [-0.4, -0.2) is 4.92 Å². The Bertz CT molecular complexity index is 262. The van der Waals surface area contributed by atoms with Gasteiger partial charge in [-0.3, -0.25) is 10.1 Å². The molecule has 1 rings (SSSR count). The molecule has 0 unspecified atom stereocenters. The zero-order valence-electron chi connectivity index (χ0n) is 6.11. The maximum absolute atomic E-state index is 10.2. The number of benzene rings is 1. The molecule has 0 atom stereocenters. The van der Waals surface area contributed by atoms with Gasteiger partial charge in [0.2, 0.25) is 0 Å². The van der Waals surface area contributed by atoms with Crippen LogP contribution in [0, 0.1) is 10.1 Å². The molecule has 0 bridgehead atoms. The third-order valence-electron chi connectivity index (χ3n) is 1.30. The number of hydrogen-bond donors (Lipinski definition) is 2. The molecule has 5 nitrogen and oxygen atoms in total. The van der Waals surface area contributed by atoms with E-state index in [0.29, 0.717) is 0 Å². The molecule has 0 aromatic heterocycles. The summed E-state index contributed by atoms with van der Waals surface area (Å²) in [6.07, 6.45) is 0. The molecule has 0 aliphatic heterocycles. The van der Waals surface area contributed by atoms with Crippen molar-refractivity contribution in [1.29, 1.82) is 0 Å².